The van der Waals surface area contributed by atoms with Gasteiger partial charge in [-0.1, -0.05) is 15.9 Å². The molecule has 0 bridgehead atoms. The van der Waals surface area contributed by atoms with Crippen LogP contribution in [0, 0.1) is 0 Å². The van der Waals surface area contributed by atoms with Gasteiger partial charge in [0.1, 0.15) is 36.6 Å². The number of ether oxygens (including phenoxy) is 3. The molecule has 0 saturated carbocycles. The molecule has 7 N–H and O–H groups in total. The Hall–Kier alpha value is 0.0800. The number of hydrogen-bond acceptors (Lipinski definition) is 10. The van der Waals surface area contributed by atoms with Gasteiger partial charge in [-0.25, -0.2) is 0 Å². The molecular weight excluding hydrogens is 396 g/mol. The number of aliphatic hydroxyl groups is 7. The van der Waals surface area contributed by atoms with Gasteiger partial charge in [-0.3, -0.25) is 0 Å². The number of alkyl halides is 1. The lowest BCUT2D eigenvalue weighted by Gasteiger charge is -2.41. The Morgan fingerprint density at radius 1 is 1.00 bits per heavy atom. The van der Waals surface area contributed by atoms with Crippen molar-refractivity contribution in [2.75, 3.05) is 19.8 Å². The first-order valence-electron chi connectivity index (χ1n) is 7.42. The fraction of sp³-hybridized carbons (Fsp3) is 1.00. The second-order valence-electron chi connectivity index (χ2n) is 5.48. The van der Waals surface area contributed by atoms with Crippen molar-refractivity contribution >= 4 is 15.9 Å². The third-order valence-electron chi connectivity index (χ3n) is 3.64. The third kappa shape index (κ3) is 5.54. The van der Waals surface area contributed by atoms with Crippen molar-refractivity contribution in [3.63, 3.8) is 0 Å². The van der Waals surface area contributed by atoms with E-state index in [2.05, 4.69) is 15.9 Å². The van der Waals surface area contributed by atoms with Crippen molar-refractivity contribution in [3.05, 3.63) is 0 Å². The second-order valence-corrected chi connectivity index (χ2v) is 6.92. The van der Waals surface area contributed by atoms with Crippen molar-refractivity contribution in [2.45, 2.75) is 61.0 Å². The van der Waals surface area contributed by atoms with Crippen LogP contribution in [0.1, 0.15) is 6.92 Å². The molecule has 144 valence electrons. The van der Waals surface area contributed by atoms with Gasteiger partial charge < -0.3 is 50.0 Å². The minimum absolute atomic E-state index is 0.460. The summed E-state index contributed by atoms with van der Waals surface area (Å²) in [6.45, 7) is -0.289. The Morgan fingerprint density at radius 2 is 1.58 bits per heavy atom. The van der Waals surface area contributed by atoms with Crippen LogP contribution in [-0.4, -0.2) is 110 Å². The van der Waals surface area contributed by atoms with Crippen LogP contribution >= 0.6 is 15.9 Å². The summed E-state index contributed by atoms with van der Waals surface area (Å²) in [5.41, 5.74) is 0. The lowest BCUT2D eigenvalue weighted by Crippen LogP contribution is -2.60. The van der Waals surface area contributed by atoms with Crippen molar-refractivity contribution in [2.24, 2.45) is 0 Å². The number of aliphatic hydroxyl groups excluding tert-OH is 7. The highest BCUT2D eigenvalue weighted by Crippen LogP contribution is 2.24. The minimum Gasteiger partial charge on any atom is -0.394 e. The monoisotopic (exact) mass is 420 g/mol. The molecule has 1 rings (SSSR count). The van der Waals surface area contributed by atoms with E-state index in [-0.39, 0.29) is 0 Å². The molecule has 9 atom stereocenters. The molecule has 10 nitrogen and oxygen atoms in total. The Morgan fingerprint density at radius 3 is 2.04 bits per heavy atom. The molecule has 0 aromatic rings. The molecule has 1 fully saturated rings. The molecule has 0 spiro atoms. The Bertz CT molecular complexity index is 358. The average Bonchev–Trinajstić information content (AvgIpc) is 2.57. The molecule has 0 aromatic heterocycles. The van der Waals surface area contributed by atoms with Crippen molar-refractivity contribution in [1.29, 1.82) is 0 Å². The van der Waals surface area contributed by atoms with E-state index in [1.165, 1.54) is 0 Å². The third-order valence-corrected chi connectivity index (χ3v) is 4.09. The SMILES string of the molecule is CC(Br)C(O)OC(CO)[C@H](CO)OC1OC(CO)[C@H](O)C(O)C1O. The normalized spacial score (nSPS) is 36.1. The maximum absolute atomic E-state index is 9.91. The lowest BCUT2D eigenvalue weighted by atomic mass is 9.99. The fourth-order valence-corrected chi connectivity index (χ4v) is 2.26. The highest BCUT2D eigenvalue weighted by molar-refractivity contribution is 9.09. The zero-order valence-electron chi connectivity index (χ0n) is 13.1. The molecule has 1 aliphatic rings. The van der Waals surface area contributed by atoms with E-state index in [9.17, 15) is 30.6 Å². The molecule has 24 heavy (non-hydrogen) atoms. The molecule has 0 aromatic carbocycles. The minimum atomic E-state index is -1.66. The smallest absolute Gasteiger partial charge is 0.187 e. The van der Waals surface area contributed by atoms with E-state index < -0.39 is 73.9 Å². The Balaban J connectivity index is 2.77. The first-order valence-corrected chi connectivity index (χ1v) is 8.33. The Labute approximate surface area is 147 Å². The highest BCUT2D eigenvalue weighted by Gasteiger charge is 2.45. The van der Waals surface area contributed by atoms with Crippen LogP contribution in [0.4, 0.5) is 0 Å². The van der Waals surface area contributed by atoms with Crippen LogP contribution in [-0.2, 0) is 14.2 Å². The van der Waals surface area contributed by atoms with Gasteiger partial charge in [-0.15, -0.1) is 0 Å². The summed E-state index contributed by atoms with van der Waals surface area (Å²) in [4.78, 5) is -0.460. The highest BCUT2D eigenvalue weighted by atomic mass is 79.9. The zero-order chi connectivity index (χ0) is 18.4. The summed E-state index contributed by atoms with van der Waals surface area (Å²) in [6, 6.07) is 0. The molecule has 0 amide bonds. The Kier molecular flexibility index (Phi) is 9.48. The predicted octanol–water partition coefficient (Wildman–Crippen LogP) is -3.36. The summed E-state index contributed by atoms with van der Waals surface area (Å²) in [7, 11) is 0. The molecule has 0 aliphatic carbocycles. The first kappa shape index (κ1) is 22.1. The summed E-state index contributed by atoms with van der Waals surface area (Å²) >= 11 is 3.09. The van der Waals surface area contributed by atoms with E-state index >= 15 is 0 Å². The van der Waals surface area contributed by atoms with Crippen LogP contribution in [0.5, 0.6) is 0 Å². The quantitative estimate of drug-likeness (QED) is 0.147. The van der Waals surface area contributed by atoms with Gasteiger partial charge in [0.15, 0.2) is 12.6 Å². The topological polar surface area (TPSA) is 169 Å². The molecular formula is C13H25BrO10. The summed E-state index contributed by atoms with van der Waals surface area (Å²) in [5, 5.41) is 66.9. The first-order chi connectivity index (χ1) is 11.3. The number of rotatable bonds is 9. The molecule has 11 heteroatoms. The molecule has 1 heterocycles. The summed E-state index contributed by atoms with van der Waals surface area (Å²) in [6.07, 6.45) is -11.2. The van der Waals surface area contributed by atoms with Crippen LogP contribution in [0.3, 0.4) is 0 Å². The fourth-order valence-electron chi connectivity index (χ4n) is 2.14. The molecule has 0 radical (unpaired) electrons. The van der Waals surface area contributed by atoms with Gasteiger partial charge in [-0.05, 0) is 6.92 Å². The summed E-state index contributed by atoms with van der Waals surface area (Å²) in [5.74, 6) is 0. The lowest BCUT2D eigenvalue weighted by molar-refractivity contribution is -0.325. The second kappa shape index (κ2) is 10.3. The largest absolute Gasteiger partial charge is 0.394 e. The van der Waals surface area contributed by atoms with Gasteiger partial charge in [0, 0.05) is 0 Å². The van der Waals surface area contributed by atoms with E-state index in [0.29, 0.717) is 0 Å². The molecule has 1 aliphatic heterocycles. The van der Waals surface area contributed by atoms with Crippen LogP contribution in [0.15, 0.2) is 0 Å². The van der Waals surface area contributed by atoms with Crippen LogP contribution < -0.4 is 0 Å². The van der Waals surface area contributed by atoms with E-state index in [0.717, 1.165) is 0 Å². The summed E-state index contributed by atoms with van der Waals surface area (Å²) < 4.78 is 15.6. The van der Waals surface area contributed by atoms with Gasteiger partial charge in [0.2, 0.25) is 0 Å². The van der Waals surface area contributed by atoms with Gasteiger partial charge in [0.05, 0.1) is 24.6 Å². The molecule has 7 unspecified atom stereocenters. The molecule has 1 saturated heterocycles. The van der Waals surface area contributed by atoms with Gasteiger partial charge >= 0.3 is 0 Å². The van der Waals surface area contributed by atoms with Crippen molar-refractivity contribution in [3.8, 4) is 0 Å². The van der Waals surface area contributed by atoms with Crippen molar-refractivity contribution < 1.29 is 50.0 Å². The maximum atomic E-state index is 9.91. The van der Waals surface area contributed by atoms with Crippen molar-refractivity contribution in [1.82, 2.24) is 0 Å². The van der Waals surface area contributed by atoms with Gasteiger partial charge in [0.25, 0.3) is 0 Å². The van der Waals surface area contributed by atoms with Gasteiger partial charge in [-0.2, -0.15) is 0 Å². The average molecular weight is 421 g/mol. The number of hydrogen-bond donors (Lipinski definition) is 7. The number of halogens is 1. The predicted molar refractivity (Wildman–Crippen MR) is 82.1 cm³/mol. The van der Waals surface area contributed by atoms with E-state index in [1.807, 2.05) is 0 Å². The van der Waals surface area contributed by atoms with Crippen LogP contribution in [0.2, 0.25) is 0 Å². The maximum Gasteiger partial charge on any atom is 0.187 e. The standard InChI is InChI=1S/C13H25BrO10/c1-5(14)12(21)22-6(2-15)7(3-16)23-13-11(20)10(19)9(18)8(4-17)24-13/h5-13,15-21H,2-4H2,1H3/t5?,6?,7-,8?,9-,10?,11?,12?,13?/m0/s1. The van der Waals surface area contributed by atoms with E-state index in [1.54, 1.807) is 6.92 Å². The van der Waals surface area contributed by atoms with E-state index in [4.69, 9.17) is 19.3 Å². The van der Waals surface area contributed by atoms with Crippen LogP contribution in [0.25, 0.3) is 0 Å². The zero-order valence-corrected chi connectivity index (χ0v) is 14.6.